The van der Waals surface area contributed by atoms with Crippen molar-refractivity contribution in [1.82, 2.24) is 4.98 Å². The average molecular weight is 481 g/mol. The van der Waals surface area contributed by atoms with Gasteiger partial charge in [-0.3, -0.25) is 9.69 Å². The molecule has 0 spiro atoms. The van der Waals surface area contributed by atoms with Crippen LogP contribution in [0.15, 0.2) is 48.5 Å². The third-order valence-corrected chi connectivity index (χ3v) is 7.52. The molecule has 2 heterocycles. The van der Waals surface area contributed by atoms with Crippen LogP contribution in [-0.2, 0) is 4.74 Å². The van der Waals surface area contributed by atoms with Crippen molar-refractivity contribution in [3.63, 3.8) is 0 Å². The van der Waals surface area contributed by atoms with E-state index in [1.54, 1.807) is 4.90 Å². The first kappa shape index (κ1) is 22.1. The van der Waals surface area contributed by atoms with Gasteiger partial charge in [-0.15, -0.1) is 0 Å². The summed E-state index contributed by atoms with van der Waals surface area (Å²) in [5.74, 6) is 0.437. The Morgan fingerprint density at radius 1 is 1.24 bits per heavy atom. The quantitative estimate of drug-likeness (QED) is 0.310. The fourth-order valence-electron chi connectivity index (χ4n) is 4.33. The lowest BCUT2D eigenvalue weighted by molar-refractivity contribution is 0.0916. The van der Waals surface area contributed by atoms with Crippen molar-refractivity contribution in [1.29, 1.82) is 0 Å². The van der Waals surface area contributed by atoms with Gasteiger partial charge in [-0.1, -0.05) is 59.3 Å². The maximum absolute atomic E-state index is 14.2. The summed E-state index contributed by atoms with van der Waals surface area (Å²) in [7, 11) is 0. The highest BCUT2D eigenvalue weighted by molar-refractivity contribution is 7.23. The predicted molar refractivity (Wildman–Crippen MR) is 135 cm³/mol. The summed E-state index contributed by atoms with van der Waals surface area (Å²) in [6.07, 6.45) is 1.89. The Labute approximate surface area is 201 Å². The van der Waals surface area contributed by atoms with Crippen molar-refractivity contribution in [3.05, 3.63) is 64.7 Å². The molecule has 1 fully saturated rings. The number of anilines is 1. The van der Waals surface area contributed by atoms with E-state index in [1.807, 2.05) is 62.4 Å². The van der Waals surface area contributed by atoms with E-state index in [0.717, 1.165) is 46.0 Å². The highest BCUT2D eigenvalue weighted by Gasteiger charge is 2.30. The van der Waals surface area contributed by atoms with E-state index in [9.17, 15) is 4.79 Å². The molecule has 33 heavy (non-hydrogen) atoms. The number of halogens is 1. The summed E-state index contributed by atoms with van der Waals surface area (Å²) in [6, 6.07) is 15.6. The third-order valence-electron chi connectivity index (χ3n) is 5.98. The molecular weight excluding hydrogens is 456 g/mol. The minimum atomic E-state index is -0.140. The van der Waals surface area contributed by atoms with Crippen LogP contribution in [0.25, 0.3) is 21.0 Å². The Hall–Kier alpha value is -2.67. The van der Waals surface area contributed by atoms with Crippen molar-refractivity contribution >= 4 is 55.0 Å². The zero-order valence-electron chi connectivity index (χ0n) is 18.6. The zero-order chi connectivity index (χ0) is 22.9. The van der Waals surface area contributed by atoms with Crippen molar-refractivity contribution in [3.8, 4) is 5.75 Å². The number of hydrogen-bond acceptors (Lipinski definition) is 5. The highest BCUT2D eigenvalue weighted by atomic mass is 35.5. The van der Waals surface area contributed by atoms with E-state index in [2.05, 4.69) is 0 Å². The second-order valence-electron chi connectivity index (χ2n) is 8.18. The van der Waals surface area contributed by atoms with Crippen molar-refractivity contribution in [2.45, 2.75) is 32.8 Å². The molecule has 3 aromatic carbocycles. The van der Waals surface area contributed by atoms with Crippen molar-refractivity contribution in [2.75, 3.05) is 24.7 Å². The summed E-state index contributed by atoms with van der Waals surface area (Å²) in [5, 5.41) is 3.12. The maximum atomic E-state index is 14.2. The molecule has 0 N–H and O–H groups in total. The van der Waals surface area contributed by atoms with Gasteiger partial charge in [0, 0.05) is 6.61 Å². The molecule has 0 aliphatic carbocycles. The van der Waals surface area contributed by atoms with Crippen LogP contribution in [0.3, 0.4) is 0 Å². The molecule has 1 saturated heterocycles. The van der Waals surface area contributed by atoms with Crippen LogP contribution in [0.5, 0.6) is 5.75 Å². The van der Waals surface area contributed by atoms with Crippen LogP contribution >= 0.6 is 22.9 Å². The number of aryl methyl sites for hydroxylation is 1. The lowest BCUT2D eigenvalue weighted by atomic mass is 10.0. The minimum absolute atomic E-state index is 0.0250. The van der Waals surface area contributed by atoms with Gasteiger partial charge in [0.1, 0.15) is 5.75 Å². The summed E-state index contributed by atoms with van der Waals surface area (Å²) in [4.78, 5) is 20.8. The second kappa shape index (κ2) is 9.29. The topological polar surface area (TPSA) is 51.7 Å². The number of carbonyl (C=O) groups is 1. The number of hydrogen-bond donors (Lipinski definition) is 0. The molecule has 7 heteroatoms. The number of aromatic nitrogens is 1. The molecule has 0 saturated carbocycles. The molecule has 1 unspecified atom stereocenters. The van der Waals surface area contributed by atoms with Gasteiger partial charge in [0.2, 0.25) is 0 Å². The summed E-state index contributed by atoms with van der Waals surface area (Å²) < 4.78 is 12.7. The monoisotopic (exact) mass is 480 g/mol. The van der Waals surface area contributed by atoms with Gasteiger partial charge in [-0.2, -0.15) is 0 Å². The lowest BCUT2D eigenvalue weighted by Gasteiger charge is -2.25. The molecule has 5 nitrogen and oxygen atoms in total. The van der Waals surface area contributed by atoms with Gasteiger partial charge in [0.05, 0.1) is 40.1 Å². The van der Waals surface area contributed by atoms with Crippen LogP contribution in [-0.4, -0.2) is 36.8 Å². The van der Waals surface area contributed by atoms with E-state index in [4.69, 9.17) is 26.1 Å². The standard InChI is InChI=1S/C26H25ClN2O3S/c1-3-31-21-13-11-17-7-4-5-9-19(17)22(21)25(30)29(15-18-8-6-14-32-18)26-28-23-16(2)10-12-20(27)24(23)33-26/h4-5,7,9-13,18H,3,6,8,14-15H2,1-2H3. The van der Waals surface area contributed by atoms with Crippen molar-refractivity contribution in [2.24, 2.45) is 0 Å². The summed E-state index contributed by atoms with van der Waals surface area (Å²) >= 11 is 7.92. The first-order chi connectivity index (χ1) is 16.1. The van der Waals surface area contributed by atoms with E-state index >= 15 is 0 Å². The summed E-state index contributed by atoms with van der Waals surface area (Å²) in [6.45, 7) is 5.55. The van der Waals surface area contributed by atoms with E-state index in [0.29, 0.717) is 34.6 Å². The van der Waals surface area contributed by atoms with Gasteiger partial charge in [-0.05, 0) is 55.2 Å². The van der Waals surface area contributed by atoms with Gasteiger partial charge in [0.15, 0.2) is 5.13 Å². The van der Waals surface area contributed by atoms with E-state index < -0.39 is 0 Å². The Bertz CT molecular complexity index is 1290. The number of amides is 1. The highest BCUT2D eigenvalue weighted by Crippen LogP contribution is 2.38. The van der Waals surface area contributed by atoms with Crippen LogP contribution in [0, 0.1) is 6.92 Å². The minimum Gasteiger partial charge on any atom is -0.493 e. The molecule has 5 rings (SSSR count). The Morgan fingerprint density at radius 3 is 2.85 bits per heavy atom. The first-order valence-electron chi connectivity index (χ1n) is 11.2. The molecule has 1 atom stereocenters. The molecular formula is C26H25ClN2O3S. The number of fused-ring (bicyclic) bond motifs is 2. The number of benzene rings is 3. The number of nitrogens with zero attached hydrogens (tertiary/aromatic N) is 2. The fraction of sp³-hybridized carbons (Fsp3) is 0.308. The summed E-state index contributed by atoms with van der Waals surface area (Å²) in [5.41, 5.74) is 2.41. The molecule has 4 aromatic rings. The second-order valence-corrected chi connectivity index (χ2v) is 9.57. The Kier molecular flexibility index (Phi) is 6.23. The van der Waals surface area contributed by atoms with Crippen molar-refractivity contribution < 1.29 is 14.3 Å². The molecule has 0 bridgehead atoms. The maximum Gasteiger partial charge on any atom is 0.264 e. The molecule has 1 aliphatic rings. The molecule has 1 amide bonds. The largest absolute Gasteiger partial charge is 0.493 e. The number of carbonyl (C=O) groups excluding carboxylic acids is 1. The van der Waals surface area contributed by atoms with Crippen LogP contribution in [0.1, 0.15) is 35.7 Å². The Balaban J connectivity index is 1.66. The van der Waals surface area contributed by atoms with Crippen LogP contribution in [0.4, 0.5) is 5.13 Å². The Morgan fingerprint density at radius 2 is 2.09 bits per heavy atom. The average Bonchev–Trinajstić information content (AvgIpc) is 3.50. The fourth-order valence-corrected chi connectivity index (χ4v) is 5.65. The van der Waals surface area contributed by atoms with Crippen LogP contribution < -0.4 is 9.64 Å². The normalized spacial score (nSPS) is 15.9. The lowest BCUT2D eigenvalue weighted by Crippen LogP contribution is -2.37. The number of thiazole rings is 1. The van der Waals surface area contributed by atoms with Gasteiger partial charge in [-0.25, -0.2) is 4.98 Å². The van der Waals surface area contributed by atoms with Gasteiger partial charge >= 0.3 is 0 Å². The van der Waals surface area contributed by atoms with Crippen LogP contribution in [0.2, 0.25) is 5.02 Å². The first-order valence-corrected chi connectivity index (χ1v) is 12.4. The molecule has 0 radical (unpaired) electrons. The molecule has 1 aliphatic heterocycles. The van der Waals surface area contributed by atoms with Gasteiger partial charge < -0.3 is 9.47 Å². The molecule has 170 valence electrons. The number of ether oxygens (including phenoxy) is 2. The zero-order valence-corrected chi connectivity index (χ0v) is 20.2. The third kappa shape index (κ3) is 4.19. The molecule has 1 aromatic heterocycles. The number of rotatable bonds is 6. The van der Waals surface area contributed by atoms with E-state index in [1.165, 1.54) is 11.3 Å². The predicted octanol–water partition coefficient (Wildman–Crippen LogP) is 6.64. The van der Waals surface area contributed by atoms with E-state index in [-0.39, 0.29) is 12.0 Å². The smallest absolute Gasteiger partial charge is 0.264 e. The van der Waals surface area contributed by atoms with Gasteiger partial charge in [0.25, 0.3) is 5.91 Å². The SMILES string of the molecule is CCOc1ccc2ccccc2c1C(=O)N(CC1CCCO1)c1nc2c(C)ccc(Cl)c2s1.